The fraction of sp³-hybridized carbons (Fsp3) is 0.167. The number of amides is 1. The van der Waals surface area contributed by atoms with Crippen LogP contribution in [0.5, 0.6) is 5.75 Å². The Balaban J connectivity index is 1.96. The van der Waals surface area contributed by atoms with Crippen molar-refractivity contribution in [3.63, 3.8) is 0 Å². The van der Waals surface area contributed by atoms with Gasteiger partial charge < -0.3 is 14.7 Å². The summed E-state index contributed by atoms with van der Waals surface area (Å²) in [4.78, 5) is 36.8. The number of ether oxygens (including phenoxy) is 1. The summed E-state index contributed by atoms with van der Waals surface area (Å²) in [5.74, 6) is -1.69. The number of aromatic carboxylic acids is 1. The Hall–Kier alpha value is -3.15. The third-order valence-corrected chi connectivity index (χ3v) is 3.86. The van der Waals surface area contributed by atoms with E-state index in [4.69, 9.17) is 4.74 Å². The van der Waals surface area contributed by atoms with Crippen LogP contribution in [0.2, 0.25) is 0 Å². The number of carbonyl (C=O) groups excluding carboxylic acids is 2. The Labute approximate surface area is 138 Å². The molecule has 1 aliphatic rings. The highest BCUT2D eigenvalue weighted by molar-refractivity contribution is 5.98. The lowest BCUT2D eigenvalue weighted by Gasteiger charge is -2.19. The van der Waals surface area contributed by atoms with Gasteiger partial charge in [-0.15, -0.1) is 0 Å². The van der Waals surface area contributed by atoms with E-state index < -0.39 is 11.9 Å². The molecule has 2 aromatic carbocycles. The molecular formula is C18H15NO5. The molecule has 2 aromatic rings. The Morgan fingerprint density at radius 1 is 1.17 bits per heavy atom. The molecule has 0 fully saturated rings. The number of carboxylic acids is 1. The molecule has 1 heterocycles. The minimum Gasteiger partial charge on any atom is -0.478 e. The van der Waals surface area contributed by atoms with Gasteiger partial charge in [-0.2, -0.15) is 0 Å². The molecule has 6 heteroatoms. The third-order valence-electron chi connectivity index (χ3n) is 3.86. The lowest BCUT2D eigenvalue weighted by Crippen LogP contribution is -2.25. The number of benzene rings is 2. The Kier molecular flexibility index (Phi) is 4.04. The zero-order valence-electron chi connectivity index (χ0n) is 13.0. The highest BCUT2D eigenvalue weighted by Crippen LogP contribution is 2.29. The van der Waals surface area contributed by atoms with E-state index in [0.29, 0.717) is 17.7 Å². The van der Waals surface area contributed by atoms with E-state index in [0.717, 1.165) is 5.56 Å². The smallest absolute Gasteiger partial charge is 0.336 e. The summed E-state index contributed by atoms with van der Waals surface area (Å²) < 4.78 is 5.12. The van der Waals surface area contributed by atoms with Crippen molar-refractivity contribution in [2.24, 2.45) is 0 Å². The SMILES string of the molecule is CC(=O)Oc1cccc(C(=O)O)c1CN1Cc2ccccc2C1=O. The molecule has 0 aliphatic carbocycles. The molecule has 3 rings (SSSR count). The largest absolute Gasteiger partial charge is 0.478 e. The van der Waals surface area contributed by atoms with Gasteiger partial charge in [-0.1, -0.05) is 24.3 Å². The van der Waals surface area contributed by atoms with E-state index in [1.165, 1.54) is 25.1 Å². The van der Waals surface area contributed by atoms with Crippen molar-refractivity contribution >= 4 is 17.8 Å². The van der Waals surface area contributed by atoms with Gasteiger partial charge in [0, 0.05) is 24.6 Å². The van der Waals surface area contributed by atoms with E-state index in [-0.39, 0.29) is 23.8 Å². The molecule has 0 saturated heterocycles. The summed E-state index contributed by atoms with van der Waals surface area (Å²) in [5.41, 5.74) is 1.82. The maximum absolute atomic E-state index is 12.5. The first-order valence-electron chi connectivity index (χ1n) is 7.38. The van der Waals surface area contributed by atoms with Gasteiger partial charge in [0.05, 0.1) is 12.1 Å². The highest BCUT2D eigenvalue weighted by atomic mass is 16.5. The molecule has 24 heavy (non-hydrogen) atoms. The minimum absolute atomic E-state index is 0.0116. The topological polar surface area (TPSA) is 83.9 Å². The minimum atomic E-state index is -1.14. The van der Waals surface area contributed by atoms with Crippen molar-refractivity contribution in [3.8, 4) is 5.75 Å². The number of nitrogens with zero attached hydrogens (tertiary/aromatic N) is 1. The van der Waals surface area contributed by atoms with Crippen molar-refractivity contribution in [1.29, 1.82) is 0 Å². The number of hydrogen-bond acceptors (Lipinski definition) is 4. The summed E-state index contributed by atoms with van der Waals surface area (Å²) in [6.07, 6.45) is 0. The average molecular weight is 325 g/mol. The maximum atomic E-state index is 12.5. The van der Waals surface area contributed by atoms with Crippen molar-refractivity contribution in [3.05, 3.63) is 64.7 Å². The van der Waals surface area contributed by atoms with Gasteiger partial charge in [0.1, 0.15) is 5.75 Å². The molecule has 0 atom stereocenters. The van der Waals surface area contributed by atoms with Crippen LogP contribution in [0.1, 0.15) is 38.8 Å². The lowest BCUT2D eigenvalue weighted by atomic mass is 10.1. The fourth-order valence-electron chi connectivity index (χ4n) is 2.81. The summed E-state index contributed by atoms with van der Waals surface area (Å²) >= 11 is 0. The average Bonchev–Trinajstić information content (AvgIpc) is 2.85. The Morgan fingerprint density at radius 2 is 1.92 bits per heavy atom. The molecule has 0 radical (unpaired) electrons. The number of fused-ring (bicyclic) bond motifs is 1. The van der Waals surface area contributed by atoms with E-state index in [9.17, 15) is 19.5 Å². The van der Waals surface area contributed by atoms with Crippen LogP contribution in [-0.2, 0) is 17.9 Å². The van der Waals surface area contributed by atoms with Crippen LogP contribution in [0.25, 0.3) is 0 Å². The summed E-state index contributed by atoms with van der Waals surface area (Å²) in [7, 11) is 0. The normalized spacial score (nSPS) is 12.9. The van der Waals surface area contributed by atoms with Gasteiger partial charge in [-0.05, 0) is 23.8 Å². The van der Waals surface area contributed by atoms with Crippen LogP contribution in [0.15, 0.2) is 42.5 Å². The molecule has 0 bridgehead atoms. The molecule has 0 saturated carbocycles. The van der Waals surface area contributed by atoms with Crippen LogP contribution in [0.3, 0.4) is 0 Å². The Morgan fingerprint density at radius 3 is 2.58 bits per heavy atom. The molecule has 1 aliphatic heterocycles. The summed E-state index contributed by atoms with van der Waals surface area (Å²) in [6.45, 7) is 1.69. The van der Waals surface area contributed by atoms with Crippen molar-refractivity contribution in [1.82, 2.24) is 4.90 Å². The summed E-state index contributed by atoms with van der Waals surface area (Å²) in [5, 5.41) is 9.39. The monoisotopic (exact) mass is 325 g/mol. The van der Waals surface area contributed by atoms with E-state index in [2.05, 4.69) is 0 Å². The number of rotatable bonds is 4. The van der Waals surface area contributed by atoms with Crippen molar-refractivity contribution in [2.45, 2.75) is 20.0 Å². The van der Waals surface area contributed by atoms with Gasteiger partial charge in [0.15, 0.2) is 0 Å². The molecule has 1 N–H and O–H groups in total. The predicted molar refractivity (Wildman–Crippen MR) is 84.7 cm³/mol. The number of hydrogen-bond donors (Lipinski definition) is 1. The van der Waals surface area contributed by atoms with Crippen LogP contribution in [-0.4, -0.2) is 27.9 Å². The quantitative estimate of drug-likeness (QED) is 0.689. The third kappa shape index (κ3) is 2.86. The van der Waals surface area contributed by atoms with Gasteiger partial charge in [0.2, 0.25) is 0 Å². The van der Waals surface area contributed by atoms with Gasteiger partial charge >= 0.3 is 11.9 Å². The standard InChI is InChI=1S/C18H15NO5/c1-11(20)24-16-8-4-7-14(18(22)23)15(16)10-19-9-12-5-2-3-6-13(12)17(19)21/h2-8H,9-10H2,1H3,(H,22,23). The molecule has 1 amide bonds. The van der Waals surface area contributed by atoms with Crippen molar-refractivity contribution < 1.29 is 24.2 Å². The van der Waals surface area contributed by atoms with E-state index in [1.807, 2.05) is 12.1 Å². The first kappa shape index (κ1) is 15.7. The van der Waals surface area contributed by atoms with Crippen LogP contribution < -0.4 is 4.74 Å². The predicted octanol–water partition coefficient (Wildman–Crippen LogP) is 2.47. The van der Waals surface area contributed by atoms with Gasteiger partial charge in [-0.3, -0.25) is 9.59 Å². The maximum Gasteiger partial charge on any atom is 0.336 e. The zero-order valence-corrected chi connectivity index (χ0v) is 13.0. The molecule has 0 spiro atoms. The molecule has 0 unspecified atom stereocenters. The lowest BCUT2D eigenvalue weighted by molar-refractivity contribution is -0.131. The number of esters is 1. The molecular weight excluding hydrogens is 310 g/mol. The van der Waals surface area contributed by atoms with E-state index in [1.54, 1.807) is 17.0 Å². The Bertz CT molecular complexity index is 843. The molecule has 122 valence electrons. The van der Waals surface area contributed by atoms with Crippen LogP contribution >= 0.6 is 0 Å². The first-order chi connectivity index (χ1) is 11.5. The number of carbonyl (C=O) groups is 3. The second-order valence-corrected chi connectivity index (χ2v) is 5.50. The van der Waals surface area contributed by atoms with Gasteiger partial charge in [0.25, 0.3) is 5.91 Å². The second kappa shape index (κ2) is 6.16. The van der Waals surface area contributed by atoms with Crippen molar-refractivity contribution in [2.75, 3.05) is 0 Å². The van der Waals surface area contributed by atoms with Crippen LogP contribution in [0.4, 0.5) is 0 Å². The first-order valence-corrected chi connectivity index (χ1v) is 7.38. The summed E-state index contributed by atoms with van der Waals surface area (Å²) in [6, 6.07) is 11.7. The highest BCUT2D eigenvalue weighted by Gasteiger charge is 2.29. The molecule has 6 nitrogen and oxygen atoms in total. The fourth-order valence-corrected chi connectivity index (χ4v) is 2.81. The van der Waals surface area contributed by atoms with Crippen LogP contribution in [0, 0.1) is 0 Å². The number of carboxylic acid groups (broad SMARTS) is 1. The zero-order chi connectivity index (χ0) is 17.3. The van der Waals surface area contributed by atoms with E-state index >= 15 is 0 Å². The molecule has 0 aromatic heterocycles. The van der Waals surface area contributed by atoms with Gasteiger partial charge in [-0.25, -0.2) is 4.79 Å². The second-order valence-electron chi connectivity index (χ2n) is 5.50.